The minimum atomic E-state index is -0.849. The second-order valence-electron chi connectivity index (χ2n) is 7.22. The smallest absolute Gasteiger partial charge is 1.00 e. The van der Waals surface area contributed by atoms with Crippen LogP contribution in [-0.4, -0.2) is 52.8 Å². The minimum Gasteiger partial charge on any atom is -1.00 e. The monoisotopic (exact) mass is 335 g/mol. The second kappa shape index (κ2) is 7.55. The third kappa shape index (κ3) is 3.52. The number of hydrogen-bond donors (Lipinski definition) is 2. The predicted octanol–water partition coefficient (Wildman–Crippen LogP) is -0.781. The molecule has 3 fully saturated rings. The van der Waals surface area contributed by atoms with Gasteiger partial charge in [0.05, 0.1) is 5.56 Å². The van der Waals surface area contributed by atoms with Crippen LogP contribution in [0, 0.1) is 5.92 Å². The summed E-state index contributed by atoms with van der Waals surface area (Å²) in [5.41, 5.74) is 2.53. The van der Waals surface area contributed by atoms with Crippen LogP contribution in [0.5, 0.6) is 0 Å². The Labute approximate surface area is 162 Å². The Hall–Kier alpha value is -1.25. The van der Waals surface area contributed by atoms with Crippen molar-refractivity contribution in [2.75, 3.05) is 26.2 Å². The van der Waals surface area contributed by atoms with Crippen LogP contribution in [0.2, 0.25) is 0 Å². The van der Waals surface area contributed by atoms with E-state index >= 15 is 0 Å². The molecule has 0 spiro atoms. The van der Waals surface area contributed by atoms with Gasteiger partial charge in [0.15, 0.2) is 0 Å². The van der Waals surface area contributed by atoms with Crippen LogP contribution in [-0.2, 0) is 13.5 Å². The molecule has 1 atom stereocenters. The van der Waals surface area contributed by atoms with Gasteiger partial charge in [0.25, 0.3) is 0 Å². The molecule has 4 heterocycles. The van der Waals surface area contributed by atoms with E-state index in [1.165, 1.54) is 32.5 Å². The van der Waals surface area contributed by atoms with E-state index in [1.54, 1.807) is 6.07 Å². The summed E-state index contributed by atoms with van der Waals surface area (Å²) >= 11 is 0. The Morgan fingerprint density at radius 1 is 1.36 bits per heavy atom. The van der Waals surface area contributed by atoms with Crippen LogP contribution in [0.1, 0.15) is 30.2 Å². The van der Waals surface area contributed by atoms with Gasteiger partial charge < -0.3 is 21.3 Å². The van der Waals surface area contributed by atoms with E-state index in [-0.39, 0.29) is 20.3 Å². The molecule has 0 radical (unpaired) electrons. The van der Waals surface area contributed by atoms with Gasteiger partial charge in [0.1, 0.15) is 0 Å². The van der Waals surface area contributed by atoms with Gasteiger partial charge in [-0.25, -0.2) is 4.79 Å². The number of hydrogen-bond acceptors (Lipinski definition) is 3. The molecule has 0 saturated carbocycles. The largest absolute Gasteiger partial charge is 1.00 e. The molecule has 0 amide bonds. The van der Waals surface area contributed by atoms with Gasteiger partial charge in [-0.05, 0) is 62.5 Å². The van der Waals surface area contributed by atoms with Gasteiger partial charge in [-0.3, -0.25) is 0 Å². The third-order valence-electron chi connectivity index (χ3n) is 5.78. The quantitative estimate of drug-likeness (QED) is 0.704. The number of aromatic nitrogens is 1. The SMILES string of the molecule is Cn1cc(CCNC2CN3CCC2CC3)c2c(C(=O)O)cccc21.[H-].[Li+]. The number of carboxylic acids is 1. The number of nitrogens with one attached hydrogen (secondary N) is 1. The van der Waals surface area contributed by atoms with E-state index in [2.05, 4.69) is 16.4 Å². The van der Waals surface area contributed by atoms with Crippen molar-refractivity contribution in [1.82, 2.24) is 14.8 Å². The van der Waals surface area contributed by atoms with Gasteiger partial charge in [0, 0.05) is 36.7 Å². The zero-order chi connectivity index (χ0) is 16.7. The summed E-state index contributed by atoms with van der Waals surface area (Å²) < 4.78 is 2.03. The van der Waals surface area contributed by atoms with Crippen LogP contribution in [0.15, 0.2) is 24.4 Å². The number of aryl methyl sites for hydroxylation is 1. The van der Waals surface area contributed by atoms with Crippen molar-refractivity contribution in [1.29, 1.82) is 0 Å². The fourth-order valence-electron chi connectivity index (χ4n) is 4.50. The molecule has 2 aromatic rings. The summed E-state index contributed by atoms with van der Waals surface area (Å²) in [6.45, 7) is 4.59. The summed E-state index contributed by atoms with van der Waals surface area (Å²) in [7, 11) is 1.98. The number of rotatable bonds is 5. The molecule has 1 aromatic heterocycles. The first-order valence-corrected chi connectivity index (χ1v) is 8.89. The molecule has 3 aliphatic heterocycles. The Morgan fingerprint density at radius 3 is 2.76 bits per heavy atom. The van der Waals surface area contributed by atoms with E-state index in [1.807, 2.05) is 23.7 Å². The molecular weight excluding hydrogens is 309 g/mol. The molecule has 1 aromatic carbocycles. The minimum absolute atomic E-state index is 0. The van der Waals surface area contributed by atoms with E-state index < -0.39 is 5.97 Å². The standard InChI is InChI=1S/C19H25N3O2.Li.H/c1-21-11-14(18-15(19(23)24)3-2-4-17(18)21)5-8-20-16-12-22-9-6-13(16)7-10-22;;/h2-4,11,13,16,20H,5-10,12H2,1H3,(H,23,24);;/q;+1;-1. The average molecular weight is 335 g/mol. The number of benzene rings is 1. The summed E-state index contributed by atoms with van der Waals surface area (Å²) in [6, 6.07) is 6.11. The Bertz CT molecular complexity index is 771. The summed E-state index contributed by atoms with van der Waals surface area (Å²) in [5.74, 6) is -0.0319. The zero-order valence-corrected chi connectivity index (χ0v) is 15.2. The zero-order valence-electron chi connectivity index (χ0n) is 16.2. The number of piperidine rings is 3. The molecule has 130 valence electrons. The van der Waals surface area contributed by atoms with Crippen LogP contribution >= 0.6 is 0 Å². The van der Waals surface area contributed by atoms with Crippen molar-refractivity contribution in [2.45, 2.75) is 25.3 Å². The van der Waals surface area contributed by atoms with Crippen LogP contribution in [0.4, 0.5) is 0 Å². The van der Waals surface area contributed by atoms with Crippen molar-refractivity contribution < 1.29 is 30.2 Å². The molecule has 3 saturated heterocycles. The van der Waals surface area contributed by atoms with E-state index in [0.717, 1.165) is 35.3 Å². The summed E-state index contributed by atoms with van der Waals surface area (Å²) in [6.07, 6.45) is 5.57. The number of carboxylic acid groups (broad SMARTS) is 1. The Morgan fingerprint density at radius 2 is 2.12 bits per heavy atom. The molecular formula is C19H26LiN3O2. The Balaban J connectivity index is 0.00000121. The van der Waals surface area contributed by atoms with Crippen molar-refractivity contribution in [2.24, 2.45) is 13.0 Å². The number of aromatic carboxylic acids is 1. The normalized spacial score (nSPS) is 25.1. The predicted molar refractivity (Wildman–Crippen MR) is 95.6 cm³/mol. The van der Waals surface area contributed by atoms with Crippen LogP contribution in [0.25, 0.3) is 10.9 Å². The van der Waals surface area contributed by atoms with E-state index in [4.69, 9.17) is 0 Å². The first-order valence-electron chi connectivity index (χ1n) is 8.89. The van der Waals surface area contributed by atoms with Crippen molar-refractivity contribution >= 4 is 16.9 Å². The van der Waals surface area contributed by atoms with Gasteiger partial charge in [-0.2, -0.15) is 0 Å². The number of fused-ring (bicyclic) bond motifs is 4. The van der Waals surface area contributed by atoms with Crippen molar-refractivity contribution in [3.05, 3.63) is 35.5 Å². The molecule has 5 nitrogen and oxygen atoms in total. The van der Waals surface area contributed by atoms with Gasteiger partial charge in [-0.15, -0.1) is 0 Å². The molecule has 2 N–H and O–H groups in total. The molecule has 3 aliphatic rings. The topological polar surface area (TPSA) is 57.5 Å². The molecule has 6 heteroatoms. The van der Waals surface area contributed by atoms with Crippen molar-refractivity contribution in [3.8, 4) is 0 Å². The van der Waals surface area contributed by atoms with Gasteiger partial charge in [-0.1, -0.05) is 6.07 Å². The van der Waals surface area contributed by atoms with Crippen LogP contribution in [0.3, 0.4) is 0 Å². The fraction of sp³-hybridized carbons (Fsp3) is 0.526. The first kappa shape index (κ1) is 18.5. The fourth-order valence-corrected chi connectivity index (χ4v) is 4.50. The molecule has 2 bridgehead atoms. The first-order chi connectivity index (χ1) is 11.6. The van der Waals surface area contributed by atoms with Gasteiger partial charge >= 0.3 is 24.8 Å². The maximum absolute atomic E-state index is 11.6. The third-order valence-corrected chi connectivity index (χ3v) is 5.78. The summed E-state index contributed by atoms with van der Waals surface area (Å²) in [5, 5.41) is 14.1. The molecule has 5 rings (SSSR count). The Kier molecular flexibility index (Phi) is 5.60. The maximum atomic E-state index is 11.6. The van der Waals surface area contributed by atoms with E-state index in [9.17, 15) is 9.90 Å². The van der Waals surface area contributed by atoms with Crippen LogP contribution < -0.4 is 24.2 Å². The van der Waals surface area contributed by atoms with Crippen molar-refractivity contribution in [3.63, 3.8) is 0 Å². The van der Waals surface area contributed by atoms with E-state index in [0.29, 0.717) is 11.6 Å². The van der Waals surface area contributed by atoms with Gasteiger partial charge in [0.2, 0.25) is 0 Å². The molecule has 1 unspecified atom stereocenters. The average Bonchev–Trinajstić information content (AvgIpc) is 2.92. The molecule has 0 aliphatic carbocycles. The number of carbonyl (C=O) groups is 1. The maximum Gasteiger partial charge on any atom is 1.00 e. The number of nitrogens with zero attached hydrogens (tertiary/aromatic N) is 2. The second-order valence-corrected chi connectivity index (χ2v) is 7.22. The molecule has 25 heavy (non-hydrogen) atoms. The summed E-state index contributed by atoms with van der Waals surface area (Å²) in [4.78, 5) is 14.1.